The van der Waals surface area contributed by atoms with Crippen LogP contribution in [-0.4, -0.2) is 11.5 Å². The van der Waals surface area contributed by atoms with Gasteiger partial charge in [-0.1, -0.05) is 34.5 Å². The topological polar surface area (TPSA) is 24.9 Å². The molecular formula is C15H15Br2ClN2. The van der Waals surface area contributed by atoms with Crippen molar-refractivity contribution < 1.29 is 0 Å². The summed E-state index contributed by atoms with van der Waals surface area (Å²) in [4.78, 5) is 4.44. The third-order valence-corrected chi connectivity index (χ3v) is 4.41. The van der Waals surface area contributed by atoms with Gasteiger partial charge in [-0.25, -0.2) is 0 Å². The minimum Gasteiger partial charge on any atom is -0.310 e. The van der Waals surface area contributed by atoms with Gasteiger partial charge in [0.1, 0.15) is 0 Å². The monoisotopic (exact) mass is 416 g/mol. The van der Waals surface area contributed by atoms with Gasteiger partial charge in [-0.3, -0.25) is 4.98 Å². The average Bonchev–Trinajstić information content (AvgIpc) is 2.43. The predicted octanol–water partition coefficient (Wildman–Crippen LogP) is 5.15. The van der Waals surface area contributed by atoms with Crippen LogP contribution in [0.2, 0.25) is 5.02 Å². The Kier molecular flexibility index (Phi) is 6.02. The van der Waals surface area contributed by atoms with Crippen LogP contribution in [0.5, 0.6) is 0 Å². The number of pyridine rings is 1. The third-order valence-electron chi connectivity index (χ3n) is 2.99. The van der Waals surface area contributed by atoms with Crippen LogP contribution in [0, 0.1) is 0 Å². The molecule has 5 heteroatoms. The first-order valence-corrected chi connectivity index (χ1v) is 8.35. The summed E-state index contributed by atoms with van der Waals surface area (Å²) in [5, 5.41) is 4.23. The van der Waals surface area contributed by atoms with Gasteiger partial charge in [0.2, 0.25) is 0 Å². The zero-order valence-electron chi connectivity index (χ0n) is 11.0. The molecule has 1 N–H and O–H groups in total. The van der Waals surface area contributed by atoms with Crippen molar-refractivity contribution in [1.82, 2.24) is 10.3 Å². The summed E-state index contributed by atoms with van der Waals surface area (Å²) in [6, 6.07) is 10.1. The van der Waals surface area contributed by atoms with E-state index >= 15 is 0 Å². The van der Waals surface area contributed by atoms with Crippen LogP contribution in [0.3, 0.4) is 0 Å². The zero-order valence-corrected chi connectivity index (χ0v) is 15.0. The van der Waals surface area contributed by atoms with E-state index in [0.717, 1.165) is 38.2 Å². The van der Waals surface area contributed by atoms with Crippen LogP contribution in [0.25, 0.3) is 0 Å². The van der Waals surface area contributed by atoms with E-state index < -0.39 is 0 Å². The van der Waals surface area contributed by atoms with Gasteiger partial charge in [0.15, 0.2) is 0 Å². The van der Waals surface area contributed by atoms with E-state index in [1.807, 2.05) is 36.5 Å². The summed E-state index contributed by atoms with van der Waals surface area (Å²) < 4.78 is 2.05. The predicted molar refractivity (Wildman–Crippen MR) is 91.2 cm³/mol. The number of nitrogens with zero attached hydrogens (tertiary/aromatic N) is 1. The highest BCUT2D eigenvalue weighted by Crippen LogP contribution is 2.28. The first-order chi connectivity index (χ1) is 9.60. The van der Waals surface area contributed by atoms with Gasteiger partial charge in [0, 0.05) is 38.3 Å². The summed E-state index contributed by atoms with van der Waals surface area (Å²) in [5.74, 6) is 0. The maximum absolute atomic E-state index is 6.11. The van der Waals surface area contributed by atoms with Gasteiger partial charge >= 0.3 is 0 Å². The van der Waals surface area contributed by atoms with Crippen LogP contribution >= 0.6 is 43.5 Å². The lowest BCUT2D eigenvalue weighted by Crippen LogP contribution is -2.23. The molecule has 0 amide bonds. The van der Waals surface area contributed by atoms with Crippen molar-refractivity contribution >= 4 is 43.5 Å². The molecule has 0 aliphatic rings. The molecule has 0 spiro atoms. The van der Waals surface area contributed by atoms with E-state index in [1.54, 1.807) is 0 Å². The number of hydrogen-bond acceptors (Lipinski definition) is 2. The molecule has 2 nitrogen and oxygen atoms in total. The van der Waals surface area contributed by atoms with Crippen molar-refractivity contribution in [2.75, 3.05) is 6.54 Å². The van der Waals surface area contributed by atoms with E-state index in [0.29, 0.717) is 0 Å². The van der Waals surface area contributed by atoms with Crippen LogP contribution in [0.15, 0.2) is 45.5 Å². The lowest BCUT2D eigenvalue weighted by atomic mass is 10.0. The molecule has 0 bridgehead atoms. The van der Waals surface area contributed by atoms with Gasteiger partial charge in [-0.15, -0.1) is 0 Å². The van der Waals surface area contributed by atoms with Crippen molar-refractivity contribution in [3.63, 3.8) is 0 Å². The normalized spacial score (nSPS) is 12.4. The fraction of sp³-hybridized carbons (Fsp3) is 0.267. The Morgan fingerprint density at radius 2 is 2.05 bits per heavy atom. The van der Waals surface area contributed by atoms with E-state index in [1.165, 1.54) is 0 Å². The molecule has 2 rings (SSSR count). The molecule has 1 atom stereocenters. The number of hydrogen-bond donors (Lipinski definition) is 1. The molecule has 106 valence electrons. The highest BCUT2D eigenvalue weighted by atomic mass is 79.9. The van der Waals surface area contributed by atoms with Gasteiger partial charge in [-0.05, 0) is 58.4 Å². The maximum atomic E-state index is 6.11. The standard InChI is InChI=1S/C15H15Br2ClN2/c1-2-19-15(8-12-5-3-10(16)9-20-12)13-7-11(18)4-6-14(13)17/h3-7,9,15,19H,2,8H2,1H3. The van der Waals surface area contributed by atoms with E-state index in [-0.39, 0.29) is 6.04 Å². The summed E-state index contributed by atoms with van der Waals surface area (Å²) in [7, 11) is 0. The molecule has 0 aliphatic carbocycles. The van der Waals surface area contributed by atoms with Gasteiger partial charge < -0.3 is 5.32 Å². The molecule has 20 heavy (non-hydrogen) atoms. The molecule has 0 radical (unpaired) electrons. The Morgan fingerprint density at radius 1 is 1.25 bits per heavy atom. The number of halogens is 3. The number of rotatable bonds is 5. The first-order valence-electron chi connectivity index (χ1n) is 6.39. The minimum absolute atomic E-state index is 0.182. The molecule has 0 saturated heterocycles. The summed E-state index contributed by atoms with van der Waals surface area (Å²) in [6.45, 7) is 2.99. The highest BCUT2D eigenvalue weighted by molar-refractivity contribution is 9.10. The van der Waals surface area contributed by atoms with Crippen LogP contribution in [-0.2, 0) is 6.42 Å². The summed E-state index contributed by atoms with van der Waals surface area (Å²) in [6.07, 6.45) is 2.64. The lowest BCUT2D eigenvalue weighted by Gasteiger charge is -2.20. The Hall–Kier alpha value is -0.420. The Bertz CT molecular complexity index is 573. The molecule has 0 aliphatic heterocycles. The van der Waals surface area contributed by atoms with Gasteiger partial charge in [0.05, 0.1) is 0 Å². The second kappa shape index (κ2) is 7.55. The SMILES string of the molecule is CCNC(Cc1ccc(Br)cn1)c1cc(Cl)ccc1Br. The van der Waals surface area contributed by atoms with E-state index in [4.69, 9.17) is 11.6 Å². The van der Waals surface area contributed by atoms with Crippen LogP contribution in [0.4, 0.5) is 0 Å². The third kappa shape index (κ3) is 4.29. The Morgan fingerprint density at radius 3 is 2.70 bits per heavy atom. The lowest BCUT2D eigenvalue weighted by molar-refractivity contribution is 0.542. The Balaban J connectivity index is 2.26. The molecule has 0 fully saturated rings. The number of likely N-dealkylation sites (N-methyl/N-ethyl adjacent to an activating group) is 1. The second-order valence-corrected chi connectivity index (χ2v) is 6.65. The van der Waals surface area contributed by atoms with Crippen LogP contribution in [0.1, 0.15) is 24.2 Å². The van der Waals surface area contributed by atoms with Crippen molar-refractivity contribution in [3.8, 4) is 0 Å². The second-order valence-electron chi connectivity index (χ2n) is 4.45. The molecule has 2 aromatic rings. The average molecular weight is 419 g/mol. The van der Waals surface area contributed by atoms with E-state index in [2.05, 4.69) is 49.1 Å². The fourth-order valence-electron chi connectivity index (χ4n) is 2.06. The van der Waals surface area contributed by atoms with Crippen molar-refractivity contribution in [1.29, 1.82) is 0 Å². The van der Waals surface area contributed by atoms with E-state index in [9.17, 15) is 0 Å². The molecular weight excluding hydrogens is 403 g/mol. The van der Waals surface area contributed by atoms with Crippen molar-refractivity contribution in [2.45, 2.75) is 19.4 Å². The minimum atomic E-state index is 0.182. The zero-order chi connectivity index (χ0) is 14.5. The highest BCUT2D eigenvalue weighted by Gasteiger charge is 2.15. The fourth-order valence-corrected chi connectivity index (χ4v) is 2.99. The van der Waals surface area contributed by atoms with Crippen LogP contribution < -0.4 is 5.32 Å². The number of benzene rings is 1. The first kappa shape index (κ1) is 16.0. The molecule has 1 unspecified atom stereocenters. The summed E-state index contributed by atoms with van der Waals surface area (Å²) in [5.41, 5.74) is 2.20. The molecule has 1 heterocycles. The van der Waals surface area contributed by atoms with Gasteiger partial charge in [0.25, 0.3) is 0 Å². The molecule has 0 saturated carbocycles. The summed E-state index contributed by atoms with van der Waals surface area (Å²) >= 11 is 13.1. The van der Waals surface area contributed by atoms with Gasteiger partial charge in [-0.2, -0.15) is 0 Å². The van der Waals surface area contributed by atoms with Crippen molar-refractivity contribution in [2.24, 2.45) is 0 Å². The largest absolute Gasteiger partial charge is 0.310 e. The molecule has 1 aromatic heterocycles. The maximum Gasteiger partial charge on any atom is 0.0423 e. The Labute approximate surface area is 141 Å². The number of aromatic nitrogens is 1. The smallest absolute Gasteiger partial charge is 0.0423 e. The molecule has 1 aromatic carbocycles. The number of nitrogens with one attached hydrogen (secondary N) is 1. The van der Waals surface area contributed by atoms with Crippen molar-refractivity contribution in [3.05, 3.63) is 61.8 Å². The quantitative estimate of drug-likeness (QED) is 0.726.